The van der Waals surface area contributed by atoms with Gasteiger partial charge in [-0.15, -0.1) is 0 Å². The van der Waals surface area contributed by atoms with E-state index in [1.54, 1.807) is 22.3 Å². The molecule has 0 aliphatic heterocycles. The van der Waals surface area contributed by atoms with E-state index in [1.807, 2.05) is 0 Å². The molecule has 6 rings (SSSR count). The van der Waals surface area contributed by atoms with E-state index in [1.165, 1.54) is 95.1 Å². The van der Waals surface area contributed by atoms with Gasteiger partial charge in [0.2, 0.25) is 0 Å². The number of hydrogen-bond donors (Lipinski definition) is 0. The van der Waals surface area contributed by atoms with Gasteiger partial charge in [-0.2, -0.15) is 0 Å². The summed E-state index contributed by atoms with van der Waals surface area (Å²) in [5.41, 5.74) is 17.8. The monoisotopic (exact) mass is 696 g/mol. The van der Waals surface area contributed by atoms with E-state index in [2.05, 4.69) is 125 Å². The van der Waals surface area contributed by atoms with Crippen molar-refractivity contribution in [3.05, 3.63) is 129 Å². The molecule has 0 fully saturated rings. The third-order valence-corrected chi connectivity index (χ3v) is 11.4. The number of fused-ring (bicyclic) bond motifs is 2. The summed E-state index contributed by atoms with van der Waals surface area (Å²) < 4.78 is 0. The summed E-state index contributed by atoms with van der Waals surface area (Å²) in [6.07, 6.45) is 14.7. The van der Waals surface area contributed by atoms with Crippen molar-refractivity contribution in [3.8, 4) is 22.3 Å². The van der Waals surface area contributed by atoms with Crippen LogP contribution in [-0.2, 0) is 39.0 Å². The van der Waals surface area contributed by atoms with Gasteiger partial charge in [0, 0.05) is 47.6 Å². The predicted octanol–water partition coefficient (Wildman–Crippen LogP) is 12.7. The maximum absolute atomic E-state index is 2.56. The van der Waals surface area contributed by atoms with Crippen molar-refractivity contribution in [3.63, 3.8) is 0 Å². The number of aryl methyl sites for hydroxylation is 2. The van der Waals surface area contributed by atoms with Crippen molar-refractivity contribution in [1.29, 1.82) is 0 Å². The van der Waals surface area contributed by atoms with Crippen molar-refractivity contribution < 1.29 is 26.2 Å². The molecule has 2 heteroatoms. The first-order valence-corrected chi connectivity index (χ1v) is 19.1. The fraction of sp³-hybridized carbons (Fsp3) is 0.364. The van der Waals surface area contributed by atoms with Gasteiger partial charge in [-0.3, -0.25) is 0 Å². The largest absolute Gasteiger partial charge is 0.0651 e. The van der Waals surface area contributed by atoms with Gasteiger partial charge < -0.3 is 0 Å². The minimum atomic E-state index is 0. The molecule has 0 saturated carbocycles. The maximum atomic E-state index is 2.56. The Bertz CT molecular complexity index is 1530. The van der Waals surface area contributed by atoms with Gasteiger partial charge in [0.05, 0.1) is 0 Å². The van der Waals surface area contributed by atoms with Gasteiger partial charge in [0.15, 0.2) is 0 Å². The zero-order valence-electron chi connectivity index (χ0n) is 28.5. The van der Waals surface area contributed by atoms with Crippen LogP contribution in [-0.4, -0.2) is 9.52 Å². The molecule has 2 atom stereocenters. The van der Waals surface area contributed by atoms with Crippen molar-refractivity contribution in [1.82, 2.24) is 0 Å². The number of benzene rings is 4. The number of hydrogen-bond acceptors (Lipinski definition) is 0. The normalized spacial score (nSPS) is 16.4. The van der Waals surface area contributed by atoms with Crippen LogP contribution in [0.25, 0.3) is 34.4 Å². The Kier molecular flexibility index (Phi) is 12.5. The molecule has 0 spiro atoms. The molecule has 2 aliphatic carbocycles. The van der Waals surface area contributed by atoms with E-state index < -0.39 is 0 Å². The molecule has 2 aliphatic rings. The van der Waals surface area contributed by atoms with Crippen LogP contribution in [0.5, 0.6) is 0 Å². The fourth-order valence-corrected chi connectivity index (χ4v) is 9.48. The van der Waals surface area contributed by atoms with Gasteiger partial charge in [0.1, 0.15) is 0 Å². The first-order valence-electron chi connectivity index (χ1n) is 17.7. The first-order chi connectivity index (χ1) is 22.1. The maximum Gasteiger partial charge on any atom is 0.0397 e. The Balaban J connectivity index is 0.00000417. The minimum Gasteiger partial charge on any atom is -0.0651 e. The van der Waals surface area contributed by atoms with Crippen LogP contribution in [0.1, 0.15) is 111 Å². The summed E-state index contributed by atoms with van der Waals surface area (Å²) in [6, 6.07) is 35.3. The van der Waals surface area contributed by atoms with Crippen LogP contribution in [0.2, 0.25) is 12.1 Å². The average molecular weight is 698 g/mol. The Morgan fingerprint density at radius 1 is 0.478 bits per heavy atom. The Morgan fingerprint density at radius 3 is 1.24 bits per heavy atom. The van der Waals surface area contributed by atoms with Gasteiger partial charge in [-0.25, -0.2) is 0 Å². The van der Waals surface area contributed by atoms with Crippen LogP contribution in [0.4, 0.5) is 0 Å². The summed E-state index contributed by atoms with van der Waals surface area (Å²) in [5, 5.41) is 0. The topological polar surface area (TPSA) is 0 Å². The Morgan fingerprint density at radius 2 is 0.870 bits per heavy atom. The summed E-state index contributed by atoms with van der Waals surface area (Å²) in [4.78, 5) is 0. The van der Waals surface area contributed by atoms with E-state index >= 15 is 0 Å². The molecule has 0 heterocycles. The standard InChI is InChI=1S/C44H50Si.Zr/c1-5-11-31-19-23-33(24-20-31)37-15-9-17-39-41(37)27-35(13-7-3)43(39)29-45-30-44-36(14-8-4)28-42-38(16-10-18-40(42)44)34-25-21-32(12-6-2)22-26-34;/h9-10,15-28,43-44H,5-8,11-14,29-30H2,1-4H3;. The van der Waals surface area contributed by atoms with Crippen molar-refractivity contribution in [2.75, 3.05) is 0 Å². The fourth-order valence-electron chi connectivity index (χ4n) is 7.77. The van der Waals surface area contributed by atoms with Gasteiger partial charge in [-0.1, -0.05) is 174 Å². The zero-order valence-corrected chi connectivity index (χ0v) is 31.9. The number of rotatable bonds is 14. The minimum absolute atomic E-state index is 0. The van der Waals surface area contributed by atoms with E-state index in [9.17, 15) is 0 Å². The third-order valence-electron chi connectivity index (χ3n) is 9.97. The third kappa shape index (κ3) is 7.45. The molecule has 0 N–H and O–H groups in total. The predicted molar refractivity (Wildman–Crippen MR) is 198 cm³/mol. The van der Waals surface area contributed by atoms with Gasteiger partial charge in [-0.05, 0) is 81.3 Å². The Hall–Kier alpha value is -2.54. The van der Waals surface area contributed by atoms with E-state index in [0.29, 0.717) is 11.8 Å². The molecule has 46 heavy (non-hydrogen) atoms. The molecule has 234 valence electrons. The van der Waals surface area contributed by atoms with Gasteiger partial charge >= 0.3 is 0 Å². The molecular formula is C44H50SiZr. The molecule has 0 nitrogen and oxygen atoms in total. The van der Waals surface area contributed by atoms with Crippen LogP contribution in [0.15, 0.2) is 96.1 Å². The SMILES string of the molecule is CCCC1=Cc2c(-c3ccc(CCC)cc3)cccc2C1C[Si]CC1C(CCC)=Cc2c(-c3ccc(CCC)cc3)cccc21.[Zr]. The average Bonchev–Trinajstić information content (AvgIpc) is 3.60. The summed E-state index contributed by atoms with van der Waals surface area (Å²) in [6.45, 7) is 9.19. The summed E-state index contributed by atoms with van der Waals surface area (Å²) >= 11 is 0. The second-order valence-electron chi connectivity index (χ2n) is 13.2. The smallest absolute Gasteiger partial charge is 0.0397 e. The van der Waals surface area contributed by atoms with Crippen molar-refractivity contribution >= 4 is 21.7 Å². The molecule has 0 saturated heterocycles. The van der Waals surface area contributed by atoms with Crippen LogP contribution in [0.3, 0.4) is 0 Å². The second-order valence-corrected chi connectivity index (χ2v) is 14.5. The quantitative estimate of drug-likeness (QED) is 0.115. The van der Waals surface area contributed by atoms with Gasteiger partial charge in [0.25, 0.3) is 0 Å². The second kappa shape index (κ2) is 16.5. The first kappa shape index (κ1) is 34.8. The summed E-state index contributed by atoms with van der Waals surface area (Å²) in [7, 11) is 0.946. The van der Waals surface area contributed by atoms with Crippen LogP contribution in [0, 0.1) is 0 Å². The molecule has 0 aromatic heterocycles. The van der Waals surface area contributed by atoms with Crippen LogP contribution >= 0.6 is 0 Å². The summed E-state index contributed by atoms with van der Waals surface area (Å²) in [5.74, 6) is 1.12. The molecule has 2 unspecified atom stereocenters. The molecule has 4 aromatic carbocycles. The van der Waals surface area contributed by atoms with Crippen molar-refractivity contribution in [2.24, 2.45) is 0 Å². The van der Waals surface area contributed by atoms with E-state index in [0.717, 1.165) is 22.4 Å². The number of allylic oxidation sites excluding steroid dienone is 2. The molecule has 4 aromatic rings. The van der Waals surface area contributed by atoms with Crippen LogP contribution < -0.4 is 0 Å². The Labute approximate surface area is 300 Å². The molecule has 0 amide bonds. The van der Waals surface area contributed by atoms with Crippen molar-refractivity contribution in [2.45, 2.75) is 103 Å². The van der Waals surface area contributed by atoms with E-state index in [-0.39, 0.29) is 26.2 Å². The molecule has 2 radical (unpaired) electrons. The van der Waals surface area contributed by atoms with E-state index in [4.69, 9.17) is 0 Å². The molecule has 0 bridgehead atoms. The molecular weight excluding hydrogens is 648 g/mol. The zero-order chi connectivity index (χ0) is 31.2.